The summed E-state index contributed by atoms with van der Waals surface area (Å²) < 4.78 is 0. The highest BCUT2D eigenvalue weighted by molar-refractivity contribution is 5.89. The van der Waals surface area contributed by atoms with Crippen molar-refractivity contribution in [2.24, 2.45) is 11.5 Å². The Balaban J connectivity index is 2.04. The lowest BCUT2D eigenvalue weighted by atomic mass is 10.0. The third kappa shape index (κ3) is 4.17. The molecule has 0 saturated heterocycles. The van der Waals surface area contributed by atoms with E-state index in [-0.39, 0.29) is 0 Å². The Bertz CT molecular complexity index is 629. The molecule has 22 heavy (non-hydrogen) atoms. The van der Waals surface area contributed by atoms with Crippen LogP contribution in [0.4, 0.5) is 0 Å². The van der Waals surface area contributed by atoms with Gasteiger partial charge in [-0.2, -0.15) is 0 Å². The molecule has 2 aromatic rings. The number of amides is 2. The third-order valence-electron chi connectivity index (χ3n) is 3.34. The quantitative estimate of drug-likeness (QED) is 0.738. The fourth-order valence-electron chi connectivity index (χ4n) is 2.17. The van der Waals surface area contributed by atoms with Crippen LogP contribution in [-0.4, -0.2) is 17.9 Å². The Morgan fingerprint density at radius 1 is 0.955 bits per heavy atom. The van der Waals surface area contributed by atoms with Crippen molar-refractivity contribution in [1.82, 2.24) is 5.32 Å². The molecule has 0 fully saturated rings. The minimum atomic E-state index is -0.879. The molecule has 0 spiro atoms. The van der Waals surface area contributed by atoms with Crippen molar-refractivity contribution >= 4 is 11.8 Å². The number of carbonyl (C=O) groups is 2. The monoisotopic (exact) mass is 297 g/mol. The molecule has 114 valence electrons. The van der Waals surface area contributed by atoms with E-state index in [9.17, 15) is 9.59 Å². The highest BCUT2D eigenvalue weighted by atomic mass is 16.2. The van der Waals surface area contributed by atoms with Crippen molar-refractivity contribution in [3.8, 4) is 0 Å². The lowest BCUT2D eigenvalue weighted by Crippen LogP contribution is -2.46. The topological polar surface area (TPSA) is 98.2 Å². The molecular formula is C17H19N3O2. The summed E-state index contributed by atoms with van der Waals surface area (Å²) in [6.07, 6.45) is 0.396. The van der Waals surface area contributed by atoms with Crippen LogP contribution < -0.4 is 16.8 Å². The Labute approximate surface area is 129 Å². The second-order valence-electron chi connectivity index (χ2n) is 5.05. The van der Waals surface area contributed by atoms with Gasteiger partial charge in [0, 0.05) is 0 Å². The number of benzene rings is 2. The first-order chi connectivity index (χ1) is 10.6. The zero-order valence-corrected chi connectivity index (χ0v) is 12.1. The molecule has 0 aliphatic rings. The van der Waals surface area contributed by atoms with Crippen LogP contribution in [0.25, 0.3) is 0 Å². The van der Waals surface area contributed by atoms with Crippen LogP contribution >= 0.6 is 0 Å². The molecule has 5 nitrogen and oxygen atoms in total. The van der Waals surface area contributed by atoms with Gasteiger partial charge in [-0.15, -0.1) is 0 Å². The molecule has 0 aromatic heterocycles. The van der Waals surface area contributed by atoms with Gasteiger partial charge in [0.1, 0.15) is 6.04 Å². The van der Waals surface area contributed by atoms with Gasteiger partial charge in [-0.3, -0.25) is 9.59 Å². The summed E-state index contributed by atoms with van der Waals surface area (Å²) in [4.78, 5) is 23.8. The molecule has 0 aliphatic heterocycles. The van der Waals surface area contributed by atoms with Gasteiger partial charge >= 0.3 is 0 Å². The highest BCUT2D eigenvalue weighted by Crippen LogP contribution is 2.12. The molecule has 0 unspecified atom stereocenters. The first-order valence-corrected chi connectivity index (χ1v) is 7.02. The third-order valence-corrected chi connectivity index (χ3v) is 3.34. The van der Waals surface area contributed by atoms with Crippen molar-refractivity contribution in [3.63, 3.8) is 0 Å². The molecule has 5 N–H and O–H groups in total. The zero-order chi connectivity index (χ0) is 15.9. The maximum atomic E-state index is 12.2. The SMILES string of the molecule is NC(=O)[C@H](NC(=O)[C@@H](N)Cc1ccccc1)c1ccccc1. The van der Waals surface area contributed by atoms with Crippen molar-refractivity contribution in [2.75, 3.05) is 0 Å². The van der Waals surface area contributed by atoms with Gasteiger partial charge < -0.3 is 16.8 Å². The fourth-order valence-corrected chi connectivity index (χ4v) is 2.17. The van der Waals surface area contributed by atoms with Crippen molar-refractivity contribution in [3.05, 3.63) is 71.8 Å². The zero-order valence-electron chi connectivity index (χ0n) is 12.1. The molecule has 5 heteroatoms. The van der Waals surface area contributed by atoms with E-state index in [0.29, 0.717) is 12.0 Å². The smallest absolute Gasteiger partial charge is 0.244 e. The molecule has 2 aromatic carbocycles. The minimum absolute atomic E-state index is 0.396. The minimum Gasteiger partial charge on any atom is -0.368 e. The van der Waals surface area contributed by atoms with Crippen molar-refractivity contribution in [1.29, 1.82) is 0 Å². The standard InChI is InChI=1S/C17H19N3O2/c18-14(11-12-7-3-1-4-8-12)17(22)20-15(16(19)21)13-9-5-2-6-10-13/h1-10,14-15H,11,18H2,(H2,19,21)(H,20,22)/t14-,15+/m0/s1. The first kappa shape index (κ1) is 15.7. The Morgan fingerprint density at radius 3 is 2.05 bits per heavy atom. The molecule has 0 aliphatic carbocycles. The van der Waals surface area contributed by atoms with Gasteiger partial charge in [-0.1, -0.05) is 60.7 Å². The van der Waals surface area contributed by atoms with Crippen LogP contribution in [0.15, 0.2) is 60.7 Å². The Hall–Kier alpha value is -2.66. The summed E-state index contributed by atoms with van der Waals surface area (Å²) in [6.45, 7) is 0. The highest BCUT2D eigenvalue weighted by Gasteiger charge is 2.23. The van der Waals surface area contributed by atoms with Gasteiger partial charge in [0.05, 0.1) is 6.04 Å². The summed E-state index contributed by atoms with van der Waals surface area (Å²) in [6, 6.07) is 16.7. The van der Waals surface area contributed by atoms with Crippen LogP contribution in [0.3, 0.4) is 0 Å². The van der Waals surface area contributed by atoms with E-state index >= 15 is 0 Å². The van der Waals surface area contributed by atoms with Gasteiger partial charge in [0.15, 0.2) is 0 Å². The lowest BCUT2D eigenvalue weighted by Gasteiger charge is -2.19. The van der Waals surface area contributed by atoms with Gasteiger partial charge in [0.2, 0.25) is 11.8 Å². The summed E-state index contributed by atoms with van der Waals surface area (Å²) in [7, 11) is 0. The number of nitrogens with two attached hydrogens (primary N) is 2. The van der Waals surface area contributed by atoms with Crippen molar-refractivity contribution in [2.45, 2.75) is 18.5 Å². The van der Waals surface area contributed by atoms with Crippen LogP contribution in [0, 0.1) is 0 Å². The number of hydrogen-bond donors (Lipinski definition) is 3. The number of nitrogens with one attached hydrogen (secondary N) is 1. The van der Waals surface area contributed by atoms with Crippen molar-refractivity contribution < 1.29 is 9.59 Å². The summed E-state index contributed by atoms with van der Waals surface area (Å²) in [5.74, 6) is -1.03. The van der Waals surface area contributed by atoms with E-state index in [2.05, 4.69) is 5.32 Å². The van der Waals surface area contributed by atoms with E-state index < -0.39 is 23.9 Å². The average Bonchev–Trinajstić information content (AvgIpc) is 2.53. The van der Waals surface area contributed by atoms with Gasteiger partial charge in [0.25, 0.3) is 0 Å². The Kier molecular flexibility index (Phi) is 5.27. The number of primary amides is 1. The second kappa shape index (κ2) is 7.38. The summed E-state index contributed by atoms with van der Waals surface area (Å²) in [5, 5.41) is 2.61. The molecule has 0 radical (unpaired) electrons. The first-order valence-electron chi connectivity index (χ1n) is 7.02. The molecule has 2 atom stereocenters. The lowest BCUT2D eigenvalue weighted by molar-refractivity contribution is -0.128. The van der Waals surface area contributed by atoms with E-state index in [0.717, 1.165) is 5.56 Å². The van der Waals surface area contributed by atoms with Crippen LogP contribution in [0.5, 0.6) is 0 Å². The van der Waals surface area contributed by atoms with Crippen LogP contribution in [0.2, 0.25) is 0 Å². The Morgan fingerprint density at radius 2 is 1.50 bits per heavy atom. The number of carbonyl (C=O) groups excluding carboxylic acids is 2. The van der Waals surface area contributed by atoms with E-state index in [1.54, 1.807) is 24.3 Å². The molecule has 0 bridgehead atoms. The predicted molar refractivity (Wildman–Crippen MR) is 84.6 cm³/mol. The number of rotatable bonds is 6. The molecule has 2 amide bonds. The molecular weight excluding hydrogens is 278 g/mol. The average molecular weight is 297 g/mol. The molecule has 0 saturated carbocycles. The molecule has 2 rings (SSSR count). The largest absolute Gasteiger partial charge is 0.368 e. The van der Waals surface area contributed by atoms with Crippen LogP contribution in [-0.2, 0) is 16.0 Å². The maximum absolute atomic E-state index is 12.2. The summed E-state index contributed by atoms with van der Waals surface area (Å²) >= 11 is 0. The summed E-state index contributed by atoms with van der Waals surface area (Å²) in [5.41, 5.74) is 12.9. The maximum Gasteiger partial charge on any atom is 0.244 e. The molecule has 0 heterocycles. The van der Waals surface area contributed by atoms with Gasteiger partial charge in [-0.25, -0.2) is 0 Å². The second-order valence-corrected chi connectivity index (χ2v) is 5.05. The van der Waals surface area contributed by atoms with E-state index in [1.807, 2.05) is 36.4 Å². The fraction of sp³-hybridized carbons (Fsp3) is 0.176. The predicted octanol–water partition coefficient (Wildman–Crippen LogP) is 0.899. The van der Waals surface area contributed by atoms with E-state index in [4.69, 9.17) is 11.5 Å². The normalized spacial score (nSPS) is 13.1. The van der Waals surface area contributed by atoms with Gasteiger partial charge in [-0.05, 0) is 17.5 Å². The van der Waals surface area contributed by atoms with E-state index in [1.165, 1.54) is 0 Å². The number of hydrogen-bond acceptors (Lipinski definition) is 3. The van der Waals surface area contributed by atoms with Crippen LogP contribution in [0.1, 0.15) is 17.2 Å².